The van der Waals surface area contributed by atoms with Gasteiger partial charge in [0.25, 0.3) is 0 Å². The van der Waals surface area contributed by atoms with Crippen LogP contribution in [0.4, 0.5) is 0 Å². The van der Waals surface area contributed by atoms with E-state index in [2.05, 4.69) is 15.6 Å². The Labute approximate surface area is 136 Å². The average molecular weight is 325 g/mol. The highest BCUT2D eigenvalue weighted by Gasteiger charge is 2.42. The van der Waals surface area contributed by atoms with E-state index < -0.39 is 18.2 Å². The van der Waals surface area contributed by atoms with Crippen LogP contribution in [-0.4, -0.2) is 68.4 Å². The molecule has 0 spiro atoms. The van der Waals surface area contributed by atoms with Gasteiger partial charge in [-0.3, -0.25) is 9.48 Å². The summed E-state index contributed by atoms with van der Waals surface area (Å²) in [6, 6.07) is -0.422. The molecule has 23 heavy (non-hydrogen) atoms. The summed E-state index contributed by atoms with van der Waals surface area (Å²) in [6.45, 7) is 4.76. The maximum Gasteiger partial charge on any atom is 0.222 e. The van der Waals surface area contributed by atoms with Gasteiger partial charge in [-0.2, -0.15) is 0 Å². The second-order valence-corrected chi connectivity index (χ2v) is 6.92. The molecule has 130 valence electrons. The molecule has 8 nitrogen and oxygen atoms in total. The monoisotopic (exact) mass is 325 g/mol. The van der Waals surface area contributed by atoms with Crippen LogP contribution >= 0.6 is 0 Å². The first-order valence-corrected chi connectivity index (χ1v) is 7.98. The highest BCUT2D eigenvalue weighted by molar-refractivity contribution is 5.78. The molecule has 0 unspecified atom stereocenters. The zero-order valence-corrected chi connectivity index (χ0v) is 14.2. The van der Waals surface area contributed by atoms with Crippen LogP contribution in [0.2, 0.25) is 0 Å². The highest BCUT2D eigenvalue weighted by Crippen LogP contribution is 2.28. The number of carbonyl (C=O) groups excluding carboxylic acids is 1. The largest absolute Gasteiger partial charge is 0.390 e. The van der Waals surface area contributed by atoms with E-state index in [1.807, 2.05) is 25.2 Å². The number of amides is 1. The fourth-order valence-electron chi connectivity index (χ4n) is 2.86. The van der Waals surface area contributed by atoms with Crippen LogP contribution in [0, 0.1) is 11.8 Å². The Morgan fingerprint density at radius 2 is 2.13 bits per heavy atom. The standard InChI is InChI=1S/C15H27N5O3/c1-9(2)15(23)16-12-5-10(13(21)14(12)22)6-20-8-11(17-18-20)7-19(3)4/h8-10,12-14,21-22H,5-7H2,1-4H3,(H,16,23)/t10-,12-,13-,14+/m1/s1. The molecule has 1 aromatic rings. The molecule has 1 aliphatic carbocycles. The van der Waals surface area contributed by atoms with E-state index in [0.717, 1.165) is 5.69 Å². The van der Waals surface area contributed by atoms with Gasteiger partial charge in [0.05, 0.1) is 17.8 Å². The molecule has 0 bridgehead atoms. The van der Waals surface area contributed by atoms with E-state index in [0.29, 0.717) is 19.5 Å². The summed E-state index contributed by atoms with van der Waals surface area (Å²) < 4.78 is 1.69. The van der Waals surface area contributed by atoms with Crippen molar-refractivity contribution in [2.45, 2.75) is 51.6 Å². The summed E-state index contributed by atoms with van der Waals surface area (Å²) in [7, 11) is 3.91. The third-order valence-electron chi connectivity index (χ3n) is 4.14. The van der Waals surface area contributed by atoms with Gasteiger partial charge in [0.15, 0.2) is 0 Å². The summed E-state index contributed by atoms with van der Waals surface area (Å²) in [4.78, 5) is 13.8. The van der Waals surface area contributed by atoms with Crippen LogP contribution in [0.25, 0.3) is 0 Å². The van der Waals surface area contributed by atoms with E-state index >= 15 is 0 Å². The Hall–Kier alpha value is -1.51. The third-order valence-corrected chi connectivity index (χ3v) is 4.14. The lowest BCUT2D eigenvalue weighted by Gasteiger charge is -2.19. The molecule has 2 rings (SSSR count). The predicted octanol–water partition coefficient (Wildman–Crippen LogP) is -0.778. The van der Waals surface area contributed by atoms with Crippen molar-refractivity contribution >= 4 is 5.91 Å². The quantitative estimate of drug-likeness (QED) is 0.634. The van der Waals surface area contributed by atoms with Gasteiger partial charge in [-0.15, -0.1) is 5.10 Å². The van der Waals surface area contributed by atoms with Gasteiger partial charge in [-0.05, 0) is 20.5 Å². The lowest BCUT2D eigenvalue weighted by molar-refractivity contribution is -0.125. The first kappa shape index (κ1) is 17.8. The SMILES string of the molecule is CC(C)C(=O)N[C@@H]1C[C@H](Cn2cc(CN(C)C)nn2)[C@@H](O)[C@H]1O. The number of aliphatic hydroxyl groups is 2. The Bertz CT molecular complexity index is 531. The molecule has 0 aliphatic heterocycles. The minimum Gasteiger partial charge on any atom is -0.390 e. The smallest absolute Gasteiger partial charge is 0.222 e. The van der Waals surface area contributed by atoms with Crippen molar-refractivity contribution < 1.29 is 15.0 Å². The van der Waals surface area contributed by atoms with Gasteiger partial charge in [0, 0.05) is 31.1 Å². The van der Waals surface area contributed by atoms with Crippen molar-refractivity contribution in [3.8, 4) is 0 Å². The van der Waals surface area contributed by atoms with Crippen LogP contribution in [0.15, 0.2) is 6.20 Å². The van der Waals surface area contributed by atoms with E-state index in [1.165, 1.54) is 0 Å². The Kier molecular flexibility index (Phi) is 5.72. The molecule has 0 aromatic carbocycles. The van der Waals surface area contributed by atoms with Crippen molar-refractivity contribution in [1.29, 1.82) is 0 Å². The molecule has 1 heterocycles. The van der Waals surface area contributed by atoms with Gasteiger partial charge in [0.1, 0.15) is 6.10 Å². The Morgan fingerprint density at radius 1 is 1.43 bits per heavy atom. The average Bonchev–Trinajstić information content (AvgIpc) is 2.99. The molecule has 1 fully saturated rings. The topological polar surface area (TPSA) is 104 Å². The normalized spacial score (nSPS) is 27.8. The lowest BCUT2D eigenvalue weighted by atomic mass is 10.1. The number of hydrogen-bond donors (Lipinski definition) is 3. The van der Waals surface area contributed by atoms with Crippen molar-refractivity contribution in [1.82, 2.24) is 25.2 Å². The number of carbonyl (C=O) groups is 1. The van der Waals surface area contributed by atoms with Crippen molar-refractivity contribution in [3.05, 3.63) is 11.9 Å². The number of aliphatic hydroxyl groups excluding tert-OH is 2. The highest BCUT2D eigenvalue weighted by atomic mass is 16.3. The summed E-state index contributed by atoms with van der Waals surface area (Å²) in [5.41, 5.74) is 0.854. The Balaban J connectivity index is 1.95. The number of nitrogens with one attached hydrogen (secondary N) is 1. The third kappa shape index (κ3) is 4.49. The van der Waals surface area contributed by atoms with Crippen molar-refractivity contribution in [2.75, 3.05) is 14.1 Å². The molecule has 8 heteroatoms. The number of nitrogens with zero attached hydrogens (tertiary/aromatic N) is 4. The Morgan fingerprint density at radius 3 is 2.74 bits per heavy atom. The van der Waals surface area contributed by atoms with E-state index in [9.17, 15) is 15.0 Å². The van der Waals surface area contributed by atoms with E-state index in [-0.39, 0.29) is 17.7 Å². The second-order valence-electron chi connectivity index (χ2n) is 6.92. The van der Waals surface area contributed by atoms with Crippen molar-refractivity contribution in [2.24, 2.45) is 11.8 Å². The minimum absolute atomic E-state index is 0.115. The molecule has 4 atom stereocenters. The summed E-state index contributed by atoms with van der Waals surface area (Å²) in [5, 5.41) is 31.3. The molecule has 1 aromatic heterocycles. The van der Waals surface area contributed by atoms with Crippen LogP contribution in [0.1, 0.15) is 26.0 Å². The number of rotatable bonds is 6. The number of aromatic nitrogens is 3. The fourth-order valence-corrected chi connectivity index (χ4v) is 2.86. The lowest BCUT2D eigenvalue weighted by Crippen LogP contribution is -2.44. The predicted molar refractivity (Wildman–Crippen MR) is 84.3 cm³/mol. The van der Waals surface area contributed by atoms with Gasteiger partial charge in [-0.1, -0.05) is 19.1 Å². The van der Waals surface area contributed by atoms with Gasteiger partial charge >= 0.3 is 0 Å². The van der Waals surface area contributed by atoms with Crippen LogP contribution in [-0.2, 0) is 17.9 Å². The fraction of sp³-hybridized carbons (Fsp3) is 0.800. The first-order chi connectivity index (χ1) is 10.8. The zero-order chi connectivity index (χ0) is 17.1. The van der Waals surface area contributed by atoms with Crippen molar-refractivity contribution in [3.63, 3.8) is 0 Å². The summed E-state index contributed by atoms with van der Waals surface area (Å²) in [6.07, 6.45) is 0.532. The van der Waals surface area contributed by atoms with Crippen LogP contribution in [0.5, 0.6) is 0 Å². The molecule has 1 aliphatic rings. The van der Waals surface area contributed by atoms with E-state index in [1.54, 1.807) is 18.5 Å². The van der Waals surface area contributed by atoms with Crippen LogP contribution < -0.4 is 5.32 Å². The maximum atomic E-state index is 11.8. The molecule has 1 saturated carbocycles. The molecule has 0 radical (unpaired) electrons. The van der Waals surface area contributed by atoms with Crippen LogP contribution in [0.3, 0.4) is 0 Å². The summed E-state index contributed by atoms with van der Waals surface area (Å²) in [5.74, 6) is -0.436. The van der Waals surface area contributed by atoms with E-state index in [4.69, 9.17) is 0 Å². The molecule has 3 N–H and O–H groups in total. The maximum absolute atomic E-state index is 11.8. The molecule has 1 amide bonds. The van der Waals surface area contributed by atoms with Gasteiger partial charge < -0.3 is 20.4 Å². The second kappa shape index (κ2) is 7.37. The molecular weight excluding hydrogens is 298 g/mol. The first-order valence-electron chi connectivity index (χ1n) is 7.98. The molecule has 0 saturated heterocycles. The zero-order valence-electron chi connectivity index (χ0n) is 14.2. The minimum atomic E-state index is -0.951. The summed E-state index contributed by atoms with van der Waals surface area (Å²) >= 11 is 0. The van der Waals surface area contributed by atoms with Gasteiger partial charge in [-0.25, -0.2) is 0 Å². The molecular formula is C15H27N5O3. The number of hydrogen-bond acceptors (Lipinski definition) is 6. The van der Waals surface area contributed by atoms with Gasteiger partial charge in [0.2, 0.25) is 5.91 Å².